The zero-order valence-electron chi connectivity index (χ0n) is 12.5. The average molecular weight is 265 g/mol. The molecule has 108 valence electrons. The molecule has 4 heteroatoms. The molecule has 2 unspecified atom stereocenters. The van der Waals surface area contributed by atoms with E-state index in [9.17, 15) is 4.79 Å². The molecule has 2 aliphatic carbocycles. The molecule has 3 fully saturated rings. The SMILES string of the molecule is CC1NC2(CCCC2)C(=O)N1CC(C)N(C)C1CC1. The van der Waals surface area contributed by atoms with Crippen molar-refractivity contribution in [3.63, 3.8) is 0 Å². The first-order valence-electron chi connectivity index (χ1n) is 7.84. The molecule has 0 bridgehead atoms. The molecule has 0 radical (unpaired) electrons. The molecule has 0 aromatic rings. The van der Waals surface area contributed by atoms with Gasteiger partial charge in [0.15, 0.2) is 0 Å². The van der Waals surface area contributed by atoms with Gasteiger partial charge in [-0.05, 0) is 46.6 Å². The Morgan fingerprint density at radius 2 is 2.05 bits per heavy atom. The average Bonchev–Trinajstić information content (AvgIpc) is 3.09. The molecule has 1 aliphatic heterocycles. The summed E-state index contributed by atoms with van der Waals surface area (Å²) in [5, 5.41) is 3.58. The fourth-order valence-corrected chi connectivity index (χ4v) is 3.82. The fraction of sp³-hybridized carbons (Fsp3) is 0.933. The first kappa shape index (κ1) is 13.4. The quantitative estimate of drug-likeness (QED) is 0.838. The van der Waals surface area contributed by atoms with Gasteiger partial charge in [-0.25, -0.2) is 0 Å². The summed E-state index contributed by atoms with van der Waals surface area (Å²) in [6.07, 6.45) is 7.28. The highest BCUT2D eigenvalue weighted by atomic mass is 16.2. The molecule has 1 amide bonds. The molecule has 0 aromatic carbocycles. The minimum Gasteiger partial charge on any atom is -0.324 e. The number of nitrogens with zero attached hydrogens (tertiary/aromatic N) is 2. The third kappa shape index (κ3) is 2.29. The second-order valence-corrected chi connectivity index (χ2v) is 6.81. The lowest BCUT2D eigenvalue weighted by Crippen LogP contribution is -2.46. The topological polar surface area (TPSA) is 35.6 Å². The van der Waals surface area contributed by atoms with Crippen molar-refractivity contribution in [1.29, 1.82) is 0 Å². The largest absolute Gasteiger partial charge is 0.324 e. The molecule has 2 atom stereocenters. The van der Waals surface area contributed by atoms with Gasteiger partial charge in [-0.15, -0.1) is 0 Å². The second-order valence-electron chi connectivity index (χ2n) is 6.81. The van der Waals surface area contributed by atoms with E-state index in [1.54, 1.807) is 0 Å². The lowest BCUT2D eigenvalue weighted by atomic mass is 9.98. The van der Waals surface area contributed by atoms with Crippen LogP contribution in [0.3, 0.4) is 0 Å². The standard InChI is InChI=1S/C15H27N3O/c1-11(17(3)13-6-7-13)10-18-12(2)16-15(14(18)19)8-4-5-9-15/h11-13,16H,4-10H2,1-3H3. The van der Waals surface area contributed by atoms with Crippen LogP contribution in [-0.4, -0.2) is 53.1 Å². The van der Waals surface area contributed by atoms with Crippen LogP contribution in [0.1, 0.15) is 52.4 Å². The first-order valence-corrected chi connectivity index (χ1v) is 7.84. The van der Waals surface area contributed by atoms with Crippen LogP contribution in [-0.2, 0) is 4.79 Å². The van der Waals surface area contributed by atoms with Crippen LogP contribution < -0.4 is 5.32 Å². The van der Waals surface area contributed by atoms with Crippen LogP contribution >= 0.6 is 0 Å². The maximum atomic E-state index is 12.7. The summed E-state index contributed by atoms with van der Waals surface area (Å²) in [7, 11) is 2.20. The lowest BCUT2D eigenvalue weighted by Gasteiger charge is -2.31. The molecule has 1 saturated heterocycles. The predicted octanol–water partition coefficient (Wildman–Crippen LogP) is 1.56. The van der Waals surface area contributed by atoms with Crippen LogP contribution in [0.15, 0.2) is 0 Å². The van der Waals surface area contributed by atoms with Crippen molar-refractivity contribution in [2.24, 2.45) is 0 Å². The maximum absolute atomic E-state index is 12.7. The highest BCUT2D eigenvalue weighted by molar-refractivity contribution is 5.89. The Hall–Kier alpha value is -0.610. The zero-order valence-corrected chi connectivity index (χ0v) is 12.5. The Kier molecular flexibility index (Phi) is 3.34. The first-order chi connectivity index (χ1) is 9.03. The summed E-state index contributed by atoms with van der Waals surface area (Å²) in [6, 6.07) is 1.22. The number of carbonyl (C=O) groups is 1. The van der Waals surface area contributed by atoms with E-state index >= 15 is 0 Å². The maximum Gasteiger partial charge on any atom is 0.244 e. The van der Waals surface area contributed by atoms with Gasteiger partial charge in [-0.3, -0.25) is 15.0 Å². The van der Waals surface area contributed by atoms with Crippen LogP contribution in [0, 0.1) is 0 Å². The van der Waals surface area contributed by atoms with Crippen molar-refractivity contribution in [2.45, 2.75) is 76.2 Å². The van der Waals surface area contributed by atoms with Gasteiger partial charge in [0.2, 0.25) is 5.91 Å². The number of amides is 1. The third-order valence-electron chi connectivity index (χ3n) is 5.36. The van der Waals surface area contributed by atoms with E-state index in [-0.39, 0.29) is 11.7 Å². The van der Waals surface area contributed by atoms with Gasteiger partial charge in [0.1, 0.15) is 0 Å². The molecule has 1 spiro atoms. The Bertz CT molecular complexity index is 360. The molecular weight excluding hydrogens is 238 g/mol. The molecule has 19 heavy (non-hydrogen) atoms. The highest BCUT2D eigenvalue weighted by Crippen LogP contribution is 2.36. The van der Waals surface area contributed by atoms with Crippen LogP contribution in [0.2, 0.25) is 0 Å². The van der Waals surface area contributed by atoms with Crippen LogP contribution in [0.25, 0.3) is 0 Å². The van der Waals surface area contributed by atoms with E-state index in [1.807, 2.05) is 0 Å². The van der Waals surface area contributed by atoms with Gasteiger partial charge in [0.05, 0.1) is 11.7 Å². The normalized spacial score (nSPS) is 31.7. The lowest BCUT2D eigenvalue weighted by molar-refractivity contribution is -0.133. The predicted molar refractivity (Wildman–Crippen MR) is 75.8 cm³/mol. The van der Waals surface area contributed by atoms with Gasteiger partial charge in [0, 0.05) is 18.6 Å². The number of rotatable bonds is 4. The number of hydrogen-bond acceptors (Lipinski definition) is 3. The van der Waals surface area contributed by atoms with Crippen molar-refractivity contribution >= 4 is 5.91 Å². The van der Waals surface area contributed by atoms with Gasteiger partial charge in [-0.2, -0.15) is 0 Å². The van der Waals surface area contributed by atoms with Crippen molar-refractivity contribution in [2.75, 3.05) is 13.6 Å². The Balaban J connectivity index is 1.65. The van der Waals surface area contributed by atoms with E-state index in [1.165, 1.54) is 25.7 Å². The molecule has 0 aromatic heterocycles. The zero-order chi connectivity index (χ0) is 13.6. The highest BCUT2D eigenvalue weighted by Gasteiger charge is 2.51. The van der Waals surface area contributed by atoms with E-state index < -0.39 is 0 Å². The summed E-state index contributed by atoms with van der Waals surface area (Å²) < 4.78 is 0. The van der Waals surface area contributed by atoms with E-state index in [0.717, 1.165) is 25.4 Å². The molecule has 3 aliphatic rings. The van der Waals surface area contributed by atoms with Crippen molar-refractivity contribution in [3.8, 4) is 0 Å². The minimum absolute atomic E-state index is 0.195. The molecular formula is C15H27N3O. The summed E-state index contributed by atoms with van der Waals surface area (Å²) in [6.45, 7) is 5.24. The van der Waals surface area contributed by atoms with Gasteiger partial charge >= 0.3 is 0 Å². The van der Waals surface area contributed by atoms with Crippen molar-refractivity contribution < 1.29 is 4.79 Å². The summed E-state index contributed by atoms with van der Waals surface area (Å²) >= 11 is 0. The molecule has 4 nitrogen and oxygen atoms in total. The third-order valence-corrected chi connectivity index (χ3v) is 5.36. The summed E-state index contributed by atoms with van der Waals surface area (Å²) in [5.74, 6) is 0.355. The Labute approximate surface area is 116 Å². The van der Waals surface area contributed by atoms with Gasteiger partial charge in [-0.1, -0.05) is 12.8 Å². The van der Waals surface area contributed by atoms with E-state index in [2.05, 4.69) is 36.0 Å². The van der Waals surface area contributed by atoms with Gasteiger partial charge in [0.25, 0.3) is 0 Å². The van der Waals surface area contributed by atoms with Crippen molar-refractivity contribution in [1.82, 2.24) is 15.1 Å². The second kappa shape index (κ2) is 4.74. The molecule has 1 heterocycles. The number of likely N-dealkylation sites (N-methyl/N-ethyl adjacent to an activating group) is 1. The summed E-state index contributed by atoms with van der Waals surface area (Å²) in [5.41, 5.74) is -0.211. The number of nitrogens with one attached hydrogen (secondary N) is 1. The minimum atomic E-state index is -0.211. The number of carbonyl (C=O) groups excluding carboxylic acids is 1. The van der Waals surface area contributed by atoms with Gasteiger partial charge < -0.3 is 4.90 Å². The smallest absolute Gasteiger partial charge is 0.244 e. The molecule has 2 saturated carbocycles. The van der Waals surface area contributed by atoms with Crippen LogP contribution in [0.5, 0.6) is 0 Å². The molecule has 3 rings (SSSR count). The Morgan fingerprint density at radius 1 is 1.42 bits per heavy atom. The molecule has 1 N–H and O–H groups in total. The summed E-state index contributed by atoms with van der Waals surface area (Å²) in [4.78, 5) is 17.3. The number of hydrogen-bond donors (Lipinski definition) is 1. The fourth-order valence-electron chi connectivity index (χ4n) is 3.82. The van der Waals surface area contributed by atoms with E-state index in [0.29, 0.717) is 11.9 Å². The monoisotopic (exact) mass is 265 g/mol. The Morgan fingerprint density at radius 3 is 2.63 bits per heavy atom. The van der Waals surface area contributed by atoms with Crippen molar-refractivity contribution in [3.05, 3.63) is 0 Å². The van der Waals surface area contributed by atoms with E-state index in [4.69, 9.17) is 0 Å². The van der Waals surface area contributed by atoms with Crippen LogP contribution in [0.4, 0.5) is 0 Å².